The van der Waals surface area contributed by atoms with Gasteiger partial charge in [-0.3, -0.25) is 4.90 Å². The number of piperazine rings is 1. The van der Waals surface area contributed by atoms with E-state index in [2.05, 4.69) is 5.32 Å². The van der Waals surface area contributed by atoms with E-state index >= 15 is 0 Å². The number of ether oxygens (including phenoxy) is 1. The van der Waals surface area contributed by atoms with Crippen LogP contribution >= 0.6 is 24.8 Å². The molecule has 0 radical (unpaired) electrons. The molecule has 1 aliphatic heterocycles. The lowest BCUT2D eigenvalue weighted by atomic mass is 9.99. The molecule has 0 bridgehead atoms. The Bertz CT molecular complexity index is 482. The first-order valence-electron chi connectivity index (χ1n) is 6.75. The van der Waals surface area contributed by atoms with Crippen molar-refractivity contribution in [3.8, 4) is 5.75 Å². The van der Waals surface area contributed by atoms with Gasteiger partial charge in [-0.15, -0.1) is 24.8 Å². The number of halogens is 6. The quantitative estimate of drug-likeness (QED) is 0.810. The summed E-state index contributed by atoms with van der Waals surface area (Å²) in [5, 5.41) is 3.10. The second kappa shape index (κ2) is 9.52. The maximum absolute atomic E-state index is 13.5. The Morgan fingerprint density at radius 3 is 2.35 bits per heavy atom. The van der Waals surface area contributed by atoms with Crippen LogP contribution in [0.4, 0.5) is 17.6 Å². The third-order valence-electron chi connectivity index (χ3n) is 3.57. The predicted molar refractivity (Wildman–Crippen MR) is 85.3 cm³/mol. The summed E-state index contributed by atoms with van der Waals surface area (Å²) in [5.41, 5.74) is 0.247. The molecule has 1 saturated heterocycles. The number of methoxy groups -OCH3 is 1. The van der Waals surface area contributed by atoms with Crippen molar-refractivity contribution in [3.63, 3.8) is 0 Å². The zero-order valence-corrected chi connectivity index (χ0v) is 14.2. The Labute approximate surface area is 145 Å². The van der Waals surface area contributed by atoms with Crippen LogP contribution in [-0.2, 0) is 0 Å². The molecule has 1 aliphatic rings. The smallest absolute Gasteiger partial charge is 0.390 e. The summed E-state index contributed by atoms with van der Waals surface area (Å²) in [5.74, 6) is -0.280. The van der Waals surface area contributed by atoms with Crippen molar-refractivity contribution in [3.05, 3.63) is 29.6 Å². The molecule has 0 aliphatic carbocycles. The van der Waals surface area contributed by atoms with Crippen LogP contribution < -0.4 is 10.1 Å². The summed E-state index contributed by atoms with van der Waals surface area (Å²) >= 11 is 0. The van der Waals surface area contributed by atoms with Crippen LogP contribution in [-0.4, -0.2) is 44.4 Å². The fourth-order valence-corrected chi connectivity index (χ4v) is 2.61. The van der Waals surface area contributed by atoms with Gasteiger partial charge >= 0.3 is 6.18 Å². The highest BCUT2D eigenvalue weighted by atomic mass is 35.5. The normalized spacial score (nSPS) is 16.9. The molecular formula is C14H20Cl2F4N2O. The number of hydrogen-bond acceptors (Lipinski definition) is 3. The van der Waals surface area contributed by atoms with E-state index < -0.39 is 24.5 Å². The van der Waals surface area contributed by atoms with E-state index in [1.807, 2.05) is 0 Å². The number of nitrogens with zero attached hydrogens (tertiary/aromatic N) is 1. The molecule has 0 amide bonds. The molecule has 0 spiro atoms. The van der Waals surface area contributed by atoms with Gasteiger partial charge in [0.15, 0.2) is 0 Å². The topological polar surface area (TPSA) is 24.5 Å². The van der Waals surface area contributed by atoms with Crippen molar-refractivity contribution >= 4 is 24.8 Å². The Morgan fingerprint density at radius 2 is 1.83 bits per heavy atom. The van der Waals surface area contributed by atoms with Gasteiger partial charge in [-0.25, -0.2) is 4.39 Å². The van der Waals surface area contributed by atoms with E-state index in [0.717, 1.165) is 6.07 Å². The molecule has 0 aromatic heterocycles. The number of nitrogens with one attached hydrogen (secondary N) is 1. The Balaban J connectivity index is 0.00000242. The Hall–Kier alpha value is -0.760. The molecule has 2 rings (SSSR count). The molecule has 1 aromatic rings. The van der Waals surface area contributed by atoms with Gasteiger partial charge in [0, 0.05) is 37.8 Å². The molecule has 3 nitrogen and oxygen atoms in total. The van der Waals surface area contributed by atoms with E-state index in [4.69, 9.17) is 4.74 Å². The second-order valence-corrected chi connectivity index (χ2v) is 5.01. The van der Waals surface area contributed by atoms with Crippen molar-refractivity contribution in [2.75, 3.05) is 33.3 Å². The summed E-state index contributed by atoms with van der Waals surface area (Å²) < 4.78 is 57.3. The average Bonchev–Trinajstić information content (AvgIpc) is 2.45. The summed E-state index contributed by atoms with van der Waals surface area (Å²) in [6.45, 7) is 2.21. The van der Waals surface area contributed by atoms with Gasteiger partial charge in [0.05, 0.1) is 13.5 Å². The minimum Gasteiger partial charge on any atom is -0.496 e. The minimum absolute atomic E-state index is 0. The van der Waals surface area contributed by atoms with Crippen molar-refractivity contribution < 1.29 is 22.3 Å². The molecule has 1 fully saturated rings. The average molecular weight is 379 g/mol. The highest BCUT2D eigenvalue weighted by molar-refractivity contribution is 5.85. The molecule has 0 saturated carbocycles. The lowest BCUT2D eigenvalue weighted by Gasteiger charge is -2.36. The van der Waals surface area contributed by atoms with Gasteiger partial charge in [0.25, 0.3) is 0 Å². The number of benzene rings is 1. The molecule has 134 valence electrons. The number of rotatable bonds is 4. The van der Waals surface area contributed by atoms with E-state index in [9.17, 15) is 17.6 Å². The van der Waals surface area contributed by atoms with Gasteiger partial charge in [0.1, 0.15) is 11.6 Å². The fourth-order valence-electron chi connectivity index (χ4n) is 2.61. The highest BCUT2D eigenvalue weighted by Gasteiger charge is 2.37. The van der Waals surface area contributed by atoms with Crippen molar-refractivity contribution in [1.29, 1.82) is 0 Å². The van der Waals surface area contributed by atoms with Gasteiger partial charge in [-0.05, 0) is 18.2 Å². The molecule has 1 atom stereocenters. The monoisotopic (exact) mass is 378 g/mol. The summed E-state index contributed by atoms with van der Waals surface area (Å²) in [6, 6.07) is 2.76. The highest BCUT2D eigenvalue weighted by Crippen LogP contribution is 2.38. The van der Waals surface area contributed by atoms with Crippen LogP contribution in [0.1, 0.15) is 18.0 Å². The Kier molecular flexibility index (Phi) is 9.20. The van der Waals surface area contributed by atoms with E-state index in [0.29, 0.717) is 26.2 Å². The van der Waals surface area contributed by atoms with E-state index in [1.165, 1.54) is 19.2 Å². The van der Waals surface area contributed by atoms with Crippen molar-refractivity contribution in [2.45, 2.75) is 18.6 Å². The summed E-state index contributed by atoms with van der Waals surface area (Å²) in [6.07, 6.45) is -5.35. The van der Waals surface area contributed by atoms with Crippen LogP contribution in [0.5, 0.6) is 5.75 Å². The SMILES string of the molecule is COc1ccc(F)cc1[C@@H](CC(F)(F)F)N1CCNCC1.Cl.Cl. The largest absolute Gasteiger partial charge is 0.496 e. The van der Waals surface area contributed by atoms with Crippen LogP contribution in [0, 0.1) is 5.82 Å². The molecular weight excluding hydrogens is 359 g/mol. The fraction of sp³-hybridized carbons (Fsp3) is 0.571. The number of hydrogen-bond donors (Lipinski definition) is 1. The van der Waals surface area contributed by atoms with E-state index in [1.54, 1.807) is 4.90 Å². The third kappa shape index (κ3) is 6.33. The minimum atomic E-state index is -4.33. The maximum Gasteiger partial charge on any atom is 0.390 e. The zero-order chi connectivity index (χ0) is 15.5. The second-order valence-electron chi connectivity index (χ2n) is 5.01. The van der Waals surface area contributed by atoms with Crippen LogP contribution in [0.25, 0.3) is 0 Å². The first kappa shape index (κ1) is 22.2. The first-order valence-corrected chi connectivity index (χ1v) is 6.75. The molecule has 1 N–H and O–H groups in total. The Morgan fingerprint density at radius 1 is 1.22 bits per heavy atom. The van der Waals surface area contributed by atoms with Gasteiger partial charge < -0.3 is 10.1 Å². The maximum atomic E-state index is 13.5. The predicted octanol–water partition coefficient (Wildman–Crippen LogP) is 3.58. The molecule has 23 heavy (non-hydrogen) atoms. The standard InChI is InChI=1S/C14H18F4N2O.2ClH/c1-21-13-3-2-10(15)8-11(13)12(9-14(16,17)18)20-6-4-19-5-7-20;;/h2-3,8,12,19H,4-7,9H2,1H3;2*1H/t12-;;/m1../s1. The van der Waals surface area contributed by atoms with Gasteiger partial charge in [-0.1, -0.05) is 0 Å². The van der Waals surface area contributed by atoms with Crippen molar-refractivity contribution in [2.24, 2.45) is 0 Å². The molecule has 0 unspecified atom stereocenters. The van der Waals surface area contributed by atoms with Crippen LogP contribution in [0.15, 0.2) is 18.2 Å². The number of alkyl halides is 3. The lowest BCUT2D eigenvalue weighted by Crippen LogP contribution is -2.46. The lowest BCUT2D eigenvalue weighted by molar-refractivity contribution is -0.148. The summed E-state index contributed by atoms with van der Waals surface area (Å²) in [4.78, 5) is 1.72. The van der Waals surface area contributed by atoms with Crippen molar-refractivity contribution in [1.82, 2.24) is 10.2 Å². The zero-order valence-electron chi connectivity index (χ0n) is 12.5. The van der Waals surface area contributed by atoms with Gasteiger partial charge in [-0.2, -0.15) is 13.2 Å². The van der Waals surface area contributed by atoms with Crippen LogP contribution in [0.3, 0.4) is 0 Å². The molecule has 1 heterocycles. The van der Waals surface area contributed by atoms with Gasteiger partial charge in [0.2, 0.25) is 0 Å². The first-order chi connectivity index (χ1) is 9.90. The molecule has 1 aromatic carbocycles. The molecule has 9 heteroatoms. The van der Waals surface area contributed by atoms with Crippen LogP contribution in [0.2, 0.25) is 0 Å². The summed E-state index contributed by atoms with van der Waals surface area (Å²) in [7, 11) is 1.37. The third-order valence-corrected chi connectivity index (χ3v) is 3.57. The van der Waals surface area contributed by atoms with E-state index in [-0.39, 0.29) is 36.1 Å².